The Balaban J connectivity index is 2.45. The van der Waals surface area contributed by atoms with Gasteiger partial charge in [-0.2, -0.15) is 0 Å². The molecule has 0 radical (unpaired) electrons. The third-order valence-electron chi connectivity index (χ3n) is 2.26. The van der Waals surface area contributed by atoms with E-state index in [1.807, 2.05) is 18.2 Å². The maximum absolute atomic E-state index is 5.96. The average molecular weight is 219 g/mol. The van der Waals surface area contributed by atoms with Crippen molar-refractivity contribution >= 4 is 17.0 Å². The molecule has 2 nitrogen and oxygen atoms in total. The smallest absolute Gasteiger partial charge is 0.120 e. The molecule has 1 aromatic carbocycles. The Morgan fingerprint density at radius 2 is 2.00 bits per heavy atom. The summed E-state index contributed by atoms with van der Waals surface area (Å²) in [6.07, 6.45) is 0. The van der Waals surface area contributed by atoms with Gasteiger partial charge in [-0.25, -0.2) is 0 Å². The van der Waals surface area contributed by atoms with Gasteiger partial charge in [0.05, 0.1) is 7.11 Å². The number of hydrogen-bond acceptors (Lipinski definition) is 3. The zero-order chi connectivity index (χ0) is 10.8. The second-order valence-corrected chi connectivity index (χ2v) is 4.65. The van der Waals surface area contributed by atoms with Gasteiger partial charge in [-0.1, -0.05) is 0 Å². The summed E-state index contributed by atoms with van der Waals surface area (Å²) in [7, 11) is 1.64. The van der Waals surface area contributed by atoms with E-state index in [2.05, 4.69) is 19.1 Å². The molecule has 0 fully saturated rings. The van der Waals surface area contributed by atoms with Gasteiger partial charge in [0.15, 0.2) is 0 Å². The van der Waals surface area contributed by atoms with Crippen molar-refractivity contribution in [2.24, 2.45) is 0 Å². The third kappa shape index (κ3) is 1.97. The van der Waals surface area contributed by atoms with E-state index < -0.39 is 0 Å². The van der Waals surface area contributed by atoms with E-state index >= 15 is 0 Å². The predicted octanol–water partition coefficient (Wildman–Crippen LogP) is 3.31. The van der Waals surface area contributed by atoms with Crippen molar-refractivity contribution in [1.29, 1.82) is 0 Å². The first-order valence-electron chi connectivity index (χ1n) is 4.71. The number of aryl methyl sites for hydroxylation is 1. The minimum absolute atomic E-state index is 0.760. The van der Waals surface area contributed by atoms with Crippen LogP contribution in [-0.4, -0.2) is 7.11 Å². The molecule has 1 aromatic heterocycles. The van der Waals surface area contributed by atoms with Crippen LogP contribution in [0.5, 0.6) is 5.75 Å². The summed E-state index contributed by atoms with van der Waals surface area (Å²) < 4.78 is 5.11. The highest BCUT2D eigenvalue weighted by molar-refractivity contribution is 7.15. The van der Waals surface area contributed by atoms with Crippen molar-refractivity contribution in [1.82, 2.24) is 0 Å². The fourth-order valence-electron chi connectivity index (χ4n) is 1.47. The number of ether oxygens (including phenoxy) is 1. The quantitative estimate of drug-likeness (QED) is 0.786. The molecule has 0 atom stereocenters. The van der Waals surface area contributed by atoms with E-state index in [4.69, 9.17) is 10.5 Å². The monoisotopic (exact) mass is 219 g/mol. The van der Waals surface area contributed by atoms with Crippen molar-refractivity contribution in [3.63, 3.8) is 0 Å². The van der Waals surface area contributed by atoms with Gasteiger partial charge in [-0.3, -0.25) is 0 Å². The van der Waals surface area contributed by atoms with Crippen molar-refractivity contribution in [3.05, 3.63) is 35.2 Å². The highest BCUT2D eigenvalue weighted by Gasteiger charge is 2.05. The van der Waals surface area contributed by atoms with Crippen LogP contribution < -0.4 is 10.5 Å². The van der Waals surface area contributed by atoms with Crippen LogP contribution in [0.15, 0.2) is 30.3 Å². The number of hydrogen-bond donors (Lipinski definition) is 1. The average Bonchev–Trinajstić information content (AvgIpc) is 2.64. The first kappa shape index (κ1) is 10.1. The van der Waals surface area contributed by atoms with Crippen LogP contribution in [0.4, 0.5) is 5.69 Å². The molecule has 0 saturated carbocycles. The van der Waals surface area contributed by atoms with Gasteiger partial charge in [0.25, 0.3) is 0 Å². The van der Waals surface area contributed by atoms with Crippen molar-refractivity contribution in [2.75, 3.05) is 12.8 Å². The highest BCUT2D eigenvalue weighted by Crippen LogP contribution is 2.33. The van der Waals surface area contributed by atoms with Crippen LogP contribution in [0, 0.1) is 6.92 Å². The number of benzene rings is 1. The van der Waals surface area contributed by atoms with Gasteiger partial charge in [-0.05, 0) is 31.2 Å². The molecule has 0 aliphatic heterocycles. The molecule has 0 spiro atoms. The van der Waals surface area contributed by atoms with E-state index in [9.17, 15) is 0 Å². The van der Waals surface area contributed by atoms with Gasteiger partial charge >= 0.3 is 0 Å². The molecule has 78 valence electrons. The van der Waals surface area contributed by atoms with E-state index in [1.54, 1.807) is 18.4 Å². The summed E-state index contributed by atoms with van der Waals surface area (Å²) >= 11 is 1.75. The lowest BCUT2D eigenvalue weighted by molar-refractivity contribution is 0.415. The van der Waals surface area contributed by atoms with Crippen LogP contribution in [0.1, 0.15) is 4.88 Å². The Morgan fingerprint density at radius 3 is 2.53 bits per heavy atom. The Hall–Kier alpha value is -1.48. The van der Waals surface area contributed by atoms with Gasteiger partial charge < -0.3 is 10.5 Å². The van der Waals surface area contributed by atoms with Crippen molar-refractivity contribution < 1.29 is 4.74 Å². The fourth-order valence-corrected chi connectivity index (χ4v) is 2.39. The van der Waals surface area contributed by atoms with E-state index in [1.165, 1.54) is 9.75 Å². The lowest BCUT2D eigenvalue weighted by Crippen LogP contribution is -1.90. The minimum Gasteiger partial charge on any atom is -0.497 e. The molecule has 15 heavy (non-hydrogen) atoms. The van der Waals surface area contributed by atoms with Crippen molar-refractivity contribution in [3.8, 4) is 16.2 Å². The Morgan fingerprint density at radius 1 is 1.20 bits per heavy atom. The molecule has 0 aliphatic rings. The zero-order valence-electron chi connectivity index (χ0n) is 8.78. The fraction of sp³-hybridized carbons (Fsp3) is 0.167. The van der Waals surface area contributed by atoms with Gasteiger partial charge in [0.1, 0.15) is 5.75 Å². The van der Waals surface area contributed by atoms with Crippen LogP contribution in [-0.2, 0) is 0 Å². The van der Waals surface area contributed by atoms with E-state index in [0.29, 0.717) is 0 Å². The highest BCUT2D eigenvalue weighted by atomic mass is 32.1. The largest absolute Gasteiger partial charge is 0.497 e. The Bertz CT molecular complexity index is 476. The minimum atomic E-state index is 0.760. The SMILES string of the molecule is COc1ccc(-c2ccc(C)s2)c(N)c1. The Labute approximate surface area is 93.3 Å². The lowest BCUT2D eigenvalue weighted by Gasteiger charge is -2.05. The number of nitrogen functional groups attached to an aromatic ring is 1. The maximum Gasteiger partial charge on any atom is 0.120 e. The van der Waals surface area contributed by atoms with Gasteiger partial charge in [0.2, 0.25) is 0 Å². The second kappa shape index (κ2) is 3.95. The van der Waals surface area contributed by atoms with Gasteiger partial charge in [0, 0.05) is 27.1 Å². The molecular formula is C12H13NOS. The summed E-state index contributed by atoms with van der Waals surface area (Å²) in [5, 5.41) is 0. The van der Waals surface area contributed by atoms with E-state index in [-0.39, 0.29) is 0 Å². The molecule has 2 aromatic rings. The summed E-state index contributed by atoms with van der Waals surface area (Å²) in [4.78, 5) is 2.49. The summed E-state index contributed by atoms with van der Waals surface area (Å²) in [5.74, 6) is 0.796. The molecule has 1 heterocycles. The van der Waals surface area contributed by atoms with Crippen molar-refractivity contribution in [2.45, 2.75) is 6.92 Å². The number of rotatable bonds is 2. The summed E-state index contributed by atoms with van der Waals surface area (Å²) in [6.45, 7) is 2.09. The molecule has 0 saturated heterocycles. The number of thiophene rings is 1. The standard InChI is InChI=1S/C12H13NOS/c1-8-3-6-12(15-8)10-5-4-9(14-2)7-11(10)13/h3-7H,13H2,1-2H3. The maximum atomic E-state index is 5.96. The third-order valence-corrected chi connectivity index (χ3v) is 3.30. The molecule has 2 rings (SSSR count). The summed E-state index contributed by atoms with van der Waals surface area (Å²) in [6, 6.07) is 9.98. The lowest BCUT2D eigenvalue weighted by atomic mass is 10.1. The van der Waals surface area contributed by atoms with E-state index in [0.717, 1.165) is 17.0 Å². The number of nitrogens with two attached hydrogens (primary N) is 1. The predicted molar refractivity (Wildman–Crippen MR) is 65.5 cm³/mol. The van der Waals surface area contributed by atoms with Crippen LogP contribution in [0.2, 0.25) is 0 Å². The summed E-state index contributed by atoms with van der Waals surface area (Å²) in [5.41, 5.74) is 7.80. The van der Waals surface area contributed by atoms with Gasteiger partial charge in [-0.15, -0.1) is 11.3 Å². The normalized spacial score (nSPS) is 10.3. The molecule has 0 amide bonds. The molecule has 0 aliphatic carbocycles. The zero-order valence-corrected chi connectivity index (χ0v) is 9.60. The number of methoxy groups -OCH3 is 1. The van der Waals surface area contributed by atoms with Crippen LogP contribution >= 0.6 is 11.3 Å². The molecule has 2 N–H and O–H groups in total. The molecule has 0 bridgehead atoms. The number of anilines is 1. The topological polar surface area (TPSA) is 35.2 Å². The first-order chi connectivity index (χ1) is 7.20. The Kier molecular flexibility index (Phi) is 2.64. The molecule has 3 heteroatoms. The molecular weight excluding hydrogens is 206 g/mol. The second-order valence-electron chi connectivity index (χ2n) is 3.36. The molecule has 0 unspecified atom stereocenters. The first-order valence-corrected chi connectivity index (χ1v) is 5.52. The van der Waals surface area contributed by atoms with Crippen LogP contribution in [0.25, 0.3) is 10.4 Å². The van der Waals surface area contributed by atoms with Crippen LogP contribution in [0.3, 0.4) is 0 Å².